The second-order valence-corrected chi connectivity index (χ2v) is 5.41. The number of amides is 1. The summed E-state index contributed by atoms with van der Waals surface area (Å²) in [6.07, 6.45) is 4.40. The summed E-state index contributed by atoms with van der Waals surface area (Å²) in [5.74, 6) is 0.193. The number of anilines is 2. The number of para-hydroxylation sites is 1. The fourth-order valence-corrected chi connectivity index (χ4v) is 2.19. The van der Waals surface area contributed by atoms with Crippen molar-refractivity contribution in [2.45, 2.75) is 6.54 Å². The van der Waals surface area contributed by atoms with Crippen LogP contribution >= 0.6 is 0 Å². The number of nitrogens with one attached hydrogen (secondary N) is 1. The molecule has 1 aromatic carbocycles. The second-order valence-electron chi connectivity index (χ2n) is 5.41. The van der Waals surface area contributed by atoms with Gasteiger partial charge in [-0.3, -0.25) is 14.2 Å². The average Bonchev–Trinajstić information content (AvgIpc) is 2.58. The smallest absolute Gasteiger partial charge is 0.261 e. The van der Waals surface area contributed by atoms with Crippen LogP contribution in [0.15, 0.2) is 47.8 Å². The van der Waals surface area contributed by atoms with Gasteiger partial charge in [0, 0.05) is 14.1 Å². The van der Waals surface area contributed by atoms with Gasteiger partial charge in [0.1, 0.15) is 6.54 Å². The summed E-state index contributed by atoms with van der Waals surface area (Å²) < 4.78 is 1.27. The third-order valence-electron chi connectivity index (χ3n) is 3.37. The van der Waals surface area contributed by atoms with E-state index in [1.165, 1.54) is 23.3 Å². The first-order chi connectivity index (χ1) is 11.5. The van der Waals surface area contributed by atoms with Gasteiger partial charge < -0.3 is 10.2 Å². The summed E-state index contributed by atoms with van der Waals surface area (Å²) in [6, 6.07) is 7.01. The highest BCUT2D eigenvalue weighted by atomic mass is 16.2. The Morgan fingerprint density at radius 1 is 1.17 bits per heavy atom. The van der Waals surface area contributed by atoms with Gasteiger partial charge in [0.25, 0.3) is 5.56 Å². The van der Waals surface area contributed by atoms with Crippen molar-refractivity contribution in [1.82, 2.24) is 19.5 Å². The Kier molecular flexibility index (Phi) is 4.19. The number of fused-ring (bicyclic) bond motifs is 1. The largest absolute Gasteiger partial charge is 0.347 e. The van der Waals surface area contributed by atoms with E-state index in [4.69, 9.17) is 0 Å². The Balaban J connectivity index is 1.75. The van der Waals surface area contributed by atoms with Crippen molar-refractivity contribution >= 4 is 28.4 Å². The number of aromatic nitrogens is 4. The number of hydrogen-bond acceptors (Lipinski definition) is 6. The summed E-state index contributed by atoms with van der Waals surface area (Å²) in [7, 11) is 3.65. The van der Waals surface area contributed by atoms with Crippen LogP contribution in [0.25, 0.3) is 10.9 Å². The highest BCUT2D eigenvalue weighted by Crippen LogP contribution is 2.08. The molecule has 3 aromatic rings. The maximum absolute atomic E-state index is 12.3. The molecule has 0 fully saturated rings. The van der Waals surface area contributed by atoms with E-state index in [2.05, 4.69) is 20.3 Å². The van der Waals surface area contributed by atoms with E-state index >= 15 is 0 Å². The van der Waals surface area contributed by atoms with Crippen molar-refractivity contribution in [3.8, 4) is 0 Å². The minimum Gasteiger partial charge on any atom is -0.347 e. The summed E-state index contributed by atoms with van der Waals surface area (Å²) in [5, 5.41) is 3.14. The fraction of sp³-hybridized carbons (Fsp3) is 0.188. The molecule has 24 heavy (non-hydrogen) atoms. The van der Waals surface area contributed by atoms with Crippen molar-refractivity contribution in [3.63, 3.8) is 0 Å². The highest BCUT2D eigenvalue weighted by Gasteiger charge is 2.09. The highest BCUT2D eigenvalue weighted by molar-refractivity contribution is 5.90. The van der Waals surface area contributed by atoms with Crippen LogP contribution in [0.3, 0.4) is 0 Å². The normalized spacial score (nSPS) is 10.6. The van der Waals surface area contributed by atoms with Crippen LogP contribution in [-0.4, -0.2) is 39.5 Å². The van der Waals surface area contributed by atoms with Crippen LogP contribution < -0.4 is 15.8 Å². The molecule has 2 heterocycles. The van der Waals surface area contributed by atoms with Gasteiger partial charge in [-0.15, -0.1) is 0 Å². The van der Waals surface area contributed by atoms with E-state index in [9.17, 15) is 9.59 Å². The van der Waals surface area contributed by atoms with Crippen LogP contribution in [0.2, 0.25) is 0 Å². The second kappa shape index (κ2) is 6.45. The van der Waals surface area contributed by atoms with Crippen LogP contribution in [0.1, 0.15) is 0 Å². The van der Waals surface area contributed by atoms with Gasteiger partial charge in [-0.05, 0) is 12.1 Å². The van der Waals surface area contributed by atoms with Crippen molar-refractivity contribution in [2.24, 2.45) is 0 Å². The third kappa shape index (κ3) is 3.22. The van der Waals surface area contributed by atoms with Gasteiger partial charge >= 0.3 is 0 Å². The Hall–Kier alpha value is -3.29. The van der Waals surface area contributed by atoms with Crippen molar-refractivity contribution in [1.29, 1.82) is 0 Å². The molecule has 0 unspecified atom stereocenters. The molecule has 0 aliphatic heterocycles. The first-order valence-corrected chi connectivity index (χ1v) is 7.28. The molecule has 0 aliphatic rings. The lowest BCUT2D eigenvalue weighted by atomic mass is 10.2. The molecule has 1 amide bonds. The zero-order valence-corrected chi connectivity index (χ0v) is 13.3. The maximum atomic E-state index is 12.3. The van der Waals surface area contributed by atoms with Crippen LogP contribution in [0.4, 0.5) is 11.6 Å². The first kappa shape index (κ1) is 15.6. The van der Waals surface area contributed by atoms with E-state index in [0.717, 1.165) is 0 Å². The van der Waals surface area contributed by atoms with Crippen LogP contribution in [0, 0.1) is 0 Å². The molecule has 0 atom stereocenters. The molecule has 0 aliphatic carbocycles. The van der Waals surface area contributed by atoms with Gasteiger partial charge in [-0.25, -0.2) is 15.0 Å². The molecular weight excluding hydrogens is 308 g/mol. The van der Waals surface area contributed by atoms with E-state index < -0.39 is 0 Å². The quantitative estimate of drug-likeness (QED) is 0.766. The fourth-order valence-electron chi connectivity index (χ4n) is 2.19. The molecule has 0 bridgehead atoms. The van der Waals surface area contributed by atoms with Crippen molar-refractivity contribution in [2.75, 3.05) is 24.3 Å². The van der Waals surface area contributed by atoms with Gasteiger partial charge in [0.15, 0.2) is 0 Å². The Labute approximate surface area is 137 Å². The Morgan fingerprint density at radius 3 is 2.58 bits per heavy atom. The summed E-state index contributed by atoms with van der Waals surface area (Å²) in [5.41, 5.74) is 0.814. The minimum absolute atomic E-state index is 0.133. The van der Waals surface area contributed by atoms with Gasteiger partial charge in [-0.1, -0.05) is 12.1 Å². The minimum atomic E-state index is -0.351. The number of rotatable bonds is 4. The molecule has 2 aromatic heterocycles. The van der Waals surface area contributed by atoms with Crippen LogP contribution in [-0.2, 0) is 11.3 Å². The summed E-state index contributed by atoms with van der Waals surface area (Å²) in [6.45, 7) is -0.133. The Bertz CT molecular complexity index is 933. The maximum Gasteiger partial charge on any atom is 0.261 e. The molecule has 0 spiro atoms. The van der Waals surface area contributed by atoms with E-state index in [1.54, 1.807) is 23.1 Å². The van der Waals surface area contributed by atoms with Gasteiger partial charge in [0.2, 0.25) is 11.9 Å². The predicted octanol–water partition coefficient (Wildman–Crippen LogP) is 0.891. The topological polar surface area (TPSA) is 93.0 Å². The molecule has 8 nitrogen and oxygen atoms in total. The molecule has 3 rings (SSSR count). The van der Waals surface area contributed by atoms with Gasteiger partial charge in [0.05, 0.1) is 35.3 Å². The molecule has 122 valence electrons. The van der Waals surface area contributed by atoms with Crippen molar-refractivity contribution < 1.29 is 4.79 Å². The zero-order valence-electron chi connectivity index (χ0n) is 13.3. The number of carbonyl (C=O) groups excluding carboxylic acids is 1. The monoisotopic (exact) mass is 324 g/mol. The number of benzene rings is 1. The molecule has 8 heteroatoms. The first-order valence-electron chi connectivity index (χ1n) is 7.28. The SMILES string of the molecule is CN(C)c1ncc(NC(=O)Cn2cnc3ccccc3c2=O)cn1. The lowest BCUT2D eigenvalue weighted by molar-refractivity contribution is -0.116. The molecule has 0 saturated carbocycles. The standard InChI is InChI=1S/C16H16N6O2/c1-21(2)16-17-7-11(8-18-16)20-14(23)9-22-10-19-13-6-4-3-5-12(13)15(22)24/h3-8,10H,9H2,1-2H3,(H,20,23). The number of nitrogens with zero attached hydrogens (tertiary/aromatic N) is 5. The van der Waals surface area contributed by atoms with E-state index in [1.807, 2.05) is 20.2 Å². The molecule has 0 saturated heterocycles. The number of carbonyl (C=O) groups is 1. The van der Waals surface area contributed by atoms with Crippen molar-refractivity contribution in [3.05, 3.63) is 53.3 Å². The summed E-state index contributed by atoms with van der Waals surface area (Å²) >= 11 is 0. The Morgan fingerprint density at radius 2 is 1.88 bits per heavy atom. The average molecular weight is 324 g/mol. The predicted molar refractivity (Wildman–Crippen MR) is 91.0 cm³/mol. The molecule has 1 N–H and O–H groups in total. The van der Waals surface area contributed by atoms with Crippen LogP contribution in [0.5, 0.6) is 0 Å². The lowest BCUT2D eigenvalue weighted by Gasteiger charge is -2.11. The van der Waals surface area contributed by atoms with Gasteiger partial charge in [-0.2, -0.15) is 0 Å². The summed E-state index contributed by atoms with van der Waals surface area (Å²) in [4.78, 5) is 38.6. The third-order valence-corrected chi connectivity index (χ3v) is 3.37. The zero-order chi connectivity index (χ0) is 17.1. The number of hydrogen-bond donors (Lipinski definition) is 1. The molecule has 0 radical (unpaired) electrons. The van der Waals surface area contributed by atoms with E-state index in [-0.39, 0.29) is 18.0 Å². The van der Waals surface area contributed by atoms with E-state index in [0.29, 0.717) is 22.5 Å². The molecular formula is C16H16N6O2. The lowest BCUT2D eigenvalue weighted by Crippen LogP contribution is -2.28.